The smallest absolute Gasteiger partial charge is 0.189 e. The maximum Gasteiger partial charge on any atom is 0.189 e. The molecule has 0 spiro atoms. The molecule has 0 unspecified atom stereocenters. The molecule has 106 valence electrons. The van der Waals surface area contributed by atoms with Crippen LogP contribution in [0.25, 0.3) is 10.9 Å². The van der Waals surface area contributed by atoms with Crippen molar-refractivity contribution in [3.8, 4) is 11.5 Å². The summed E-state index contributed by atoms with van der Waals surface area (Å²) in [6, 6.07) is 5.29. The average molecular weight is 273 g/mol. The maximum atomic E-state index is 12.4. The van der Waals surface area contributed by atoms with Crippen molar-refractivity contribution >= 4 is 10.9 Å². The lowest BCUT2D eigenvalue weighted by atomic mass is 10.0. The number of benzene rings is 1. The highest BCUT2D eigenvalue weighted by Crippen LogP contribution is 2.35. The molecule has 1 saturated carbocycles. The number of hydrogen-bond donors (Lipinski definition) is 1. The third-order valence-electron chi connectivity index (χ3n) is 4.15. The molecule has 4 nitrogen and oxygen atoms in total. The Morgan fingerprint density at radius 1 is 1.10 bits per heavy atom. The van der Waals surface area contributed by atoms with Gasteiger partial charge in [0.05, 0.1) is 25.1 Å². The summed E-state index contributed by atoms with van der Waals surface area (Å²) in [7, 11) is 3.19. The van der Waals surface area contributed by atoms with Gasteiger partial charge in [0.25, 0.3) is 0 Å². The number of hydrogen-bond acceptors (Lipinski definition) is 3. The molecule has 1 aromatic heterocycles. The van der Waals surface area contributed by atoms with E-state index in [0.29, 0.717) is 22.8 Å². The van der Waals surface area contributed by atoms with Crippen molar-refractivity contribution in [3.63, 3.8) is 0 Å². The largest absolute Gasteiger partial charge is 0.497 e. The molecule has 3 rings (SSSR count). The van der Waals surface area contributed by atoms with Crippen LogP contribution in [-0.4, -0.2) is 19.2 Å². The minimum absolute atomic E-state index is 0.0258. The lowest BCUT2D eigenvalue weighted by molar-refractivity contribution is 0.397. The summed E-state index contributed by atoms with van der Waals surface area (Å²) >= 11 is 0. The molecule has 2 aromatic rings. The number of H-pyrrole nitrogens is 1. The Morgan fingerprint density at radius 3 is 2.50 bits per heavy atom. The van der Waals surface area contributed by atoms with Gasteiger partial charge in [0.2, 0.25) is 0 Å². The number of fused-ring (bicyclic) bond motifs is 1. The summed E-state index contributed by atoms with van der Waals surface area (Å²) in [4.78, 5) is 15.8. The Balaban J connectivity index is 2.21. The van der Waals surface area contributed by atoms with Crippen LogP contribution in [0.3, 0.4) is 0 Å². The van der Waals surface area contributed by atoms with Gasteiger partial charge in [-0.2, -0.15) is 0 Å². The highest BCUT2D eigenvalue weighted by molar-refractivity contribution is 5.86. The Bertz CT molecular complexity index is 684. The SMILES string of the molecule is COc1cc(OC)c2[nH]c(C3CCCC3)cc(=O)c2c1. The molecular weight excluding hydrogens is 254 g/mol. The monoisotopic (exact) mass is 273 g/mol. The second-order valence-electron chi connectivity index (χ2n) is 5.32. The third-order valence-corrected chi connectivity index (χ3v) is 4.15. The van der Waals surface area contributed by atoms with Gasteiger partial charge in [0, 0.05) is 17.8 Å². The van der Waals surface area contributed by atoms with Crippen molar-refractivity contribution in [2.24, 2.45) is 0 Å². The number of rotatable bonds is 3. The van der Waals surface area contributed by atoms with E-state index in [2.05, 4.69) is 4.98 Å². The topological polar surface area (TPSA) is 51.3 Å². The average Bonchev–Trinajstić information content (AvgIpc) is 3.00. The summed E-state index contributed by atoms with van der Waals surface area (Å²) in [5.41, 5.74) is 1.82. The van der Waals surface area contributed by atoms with Crippen LogP contribution in [0.15, 0.2) is 23.0 Å². The minimum atomic E-state index is 0.0258. The highest BCUT2D eigenvalue weighted by atomic mass is 16.5. The number of aromatic nitrogens is 1. The second kappa shape index (κ2) is 5.19. The third kappa shape index (κ3) is 2.15. The van der Waals surface area contributed by atoms with Gasteiger partial charge in [-0.05, 0) is 24.8 Å². The van der Waals surface area contributed by atoms with Crippen LogP contribution in [0.5, 0.6) is 11.5 Å². The molecule has 0 bridgehead atoms. The normalized spacial score (nSPS) is 15.7. The van der Waals surface area contributed by atoms with Crippen LogP contribution in [0.2, 0.25) is 0 Å². The van der Waals surface area contributed by atoms with Gasteiger partial charge in [-0.15, -0.1) is 0 Å². The van der Waals surface area contributed by atoms with Crippen LogP contribution < -0.4 is 14.9 Å². The van der Waals surface area contributed by atoms with Crippen LogP contribution in [-0.2, 0) is 0 Å². The summed E-state index contributed by atoms with van der Waals surface area (Å²) in [6.07, 6.45) is 4.79. The number of aromatic amines is 1. The van der Waals surface area contributed by atoms with Crippen LogP contribution in [0.1, 0.15) is 37.3 Å². The van der Waals surface area contributed by atoms with Crippen molar-refractivity contribution in [1.82, 2.24) is 4.98 Å². The maximum absolute atomic E-state index is 12.4. The summed E-state index contributed by atoms with van der Waals surface area (Å²) in [5.74, 6) is 1.75. The predicted octanol–water partition coefficient (Wildman–Crippen LogP) is 3.20. The summed E-state index contributed by atoms with van der Waals surface area (Å²) in [6.45, 7) is 0. The Morgan fingerprint density at radius 2 is 1.85 bits per heavy atom. The molecule has 20 heavy (non-hydrogen) atoms. The molecule has 0 amide bonds. The zero-order valence-electron chi connectivity index (χ0n) is 11.9. The van der Waals surface area contributed by atoms with Crippen molar-refractivity contribution in [2.75, 3.05) is 14.2 Å². The minimum Gasteiger partial charge on any atom is -0.497 e. The van der Waals surface area contributed by atoms with Gasteiger partial charge in [0.1, 0.15) is 11.5 Å². The van der Waals surface area contributed by atoms with Crippen molar-refractivity contribution < 1.29 is 9.47 Å². The van der Waals surface area contributed by atoms with Crippen molar-refractivity contribution in [1.29, 1.82) is 0 Å². The van der Waals surface area contributed by atoms with E-state index < -0.39 is 0 Å². The molecule has 4 heteroatoms. The van der Waals surface area contributed by atoms with Crippen molar-refractivity contribution in [3.05, 3.63) is 34.1 Å². The number of nitrogens with one attached hydrogen (secondary N) is 1. The van der Waals surface area contributed by atoms with E-state index in [4.69, 9.17) is 9.47 Å². The molecule has 0 atom stereocenters. The fourth-order valence-corrected chi connectivity index (χ4v) is 3.05. The van der Waals surface area contributed by atoms with E-state index in [1.165, 1.54) is 12.8 Å². The molecule has 1 heterocycles. The lowest BCUT2D eigenvalue weighted by Crippen LogP contribution is -2.08. The van der Waals surface area contributed by atoms with E-state index in [1.807, 2.05) is 0 Å². The lowest BCUT2D eigenvalue weighted by Gasteiger charge is -2.13. The molecule has 1 N–H and O–H groups in total. The summed E-state index contributed by atoms with van der Waals surface area (Å²) < 4.78 is 10.6. The number of methoxy groups -OCH3 is 2. The number of ether oxygens (including phenoxy) is 2. The molecule has 1 fully saturated rings. The van der Waals surface area contributed by atoms with Crippen LogP contribution in [0, 0.1) is 0 Å². The van der Waals surface area contributed by atoms with E-state index in [0.717, 1.165) is 24.1 Å². The zero-order chi connectivity index (χ0) is 14.1. The Hall–Kier alpha value is -1.97. The molecule has 0 aliphatic heterocycles. The first-order chi connectivity index (χ1) is 9.72. The molecule has 0 saturated heterocycles. The zero-order valence-corrected chi connectivity index (χ0v) is 11.9. The van der Waals surface area contributed by atoms with E-state index in [-0.39, 0.29) is 5.43 Å². The van der Waals surface area contributed by atoms with Crippen LogP contribution >= 0.6 is 0 Å². The van der Waals surface area contributed by atoms with Gasteiger partial charge in [-0.25, -0.2) is 0 Å². The van der Waals surface area contributed by atoms with E-state index in [1.54, 1.807) is 32.4 Å². The quantitative estimate of drug-likeness (QED) is 0.934. The Labute approximate surface area is 117 Å². The first-order valence-electron chi connectivity index (χ1n) is 7.02. The fourth-order valence-electron chi connectivity index (χ4n) is 3.05. The predicted molar refractivity (Wildman–Crippen MR) is 78.9 cm³/mol. The molecular formula is C16H19NO3. The number of pyridine rings is 1. The van der Waals surface area contributed by atoms with E-state index >= 15 is 0 Å². The summed E-state index contributed by atoms with van der Waals surface area (Å²) in [5, 5.41) is 0.614. The Kier molecular flexibility index (Phi) is 3.38. The molecule has 1 aromatic carbocycles. The molecule has 1 aliphatic rings. The van der Waals surface area contributed by atoms with Crippen LogP contribution in [0.4, 0.5) is 0 Å². The fraction of sp³-hybridized carbons (Fsp3) is 0.438. The van der Waals surface area contributed by atoms with Crippen molar-refractivity contribution in [2.45, 2.75) is 31.6 Å². The van der Waals surface area contributed by atoms with Gasteiger partial charge in [-0.3, -0.25) is 4.79 Å². The van der Waals surface area contributed by atoms with Gasteiger partial charge in [-0.1, -0.05) is 12.8 Å². The first-order valence-corrected chi connectivity index (χ1v) is 7.02. The molecule has 0 radical (unpaired) electrons. The first kappa shape index (κ1) is 13.0. The van der Waals surface area contributed by atoms with Gasteiger partial charge >= 0.3 is 0 Å². The second-order valence-corrected chi connectivity index (χ2v) is 5.32. The highest BCUT2D eigenvalue weighted by Gasteiger charge is 2.19. The van der Waals surface area contributed by atoms with Gasteiger partial charge in [0.15, 0.2) is 5.43 Å². The molecule has 1 aliphatic carbocycles. The standard InChI is InChI=1S/C16H19NO3/c1-19-11-7-12-14(18)9-13(10-5-3-4-6-10)17-16(12)15(8-11)20-2/h7-10H,3-6H2,1-2H3,(H,17,18). The van der Waals surface area contributed by atoms with Gasteiger partial charge < -0.3 is 14.5 Å². The van der Waals surface area contributed by atoms with E-state index in [9.17, 15) is 4.79 Å².